The van der Waals surface area contributed by atoms with Crippen molar-refractivity contribution in [3.05, 3.63) is 24.3 Å². The average molecular weight is 261 g/mol. The van der Waals surface area contributed by atoms with Crippen LogP contribution in [0.2, 0.25) is 0 Å². The zero-order valence-electron chi connectivity index (χ0n) is 11.6. The fourth-order valence-electron chi connectivity index (χ4n) is 2.86. The Morgan fingerprint density at radius 1 is 1.16 bits per heavy atom. The number of nitrogens with one attached hydrogen (secondary N) is 1. The summed E-state index contributed by atoms with van der Waals surface area (Å²) in [5.74, 6) is 0.963. The second kappa shape index (κ2) is 5.80. The number of ether oxygens (including phenoxy) is 1. The lowest BCUT2D eigenvalue weighted by atomic mass is 10.0. The Morgan fingerprint density at radius 2 is 1.84 bits per heavy atom. The van der Waals surface area contributed by atoms with Gasteiger partial charge in [-0.1, -0.05) is 0 Å². The van der Waals surface area contributed by atoms with Gasteiger partial charge in [0, 0.05) is 51.0 Å². The Morgan fingerprint density at radius 3 is 2.47 bits per heavy atom. The Kier molecular flexibility index (Phi) is 3.89. The number of rotatable bonds is 4. The van der Waals surface area contributed by atoms with Gasteiger partial charge in [0.2, 0.25) is 0 Å². The molecule has 0 spiro atoms. The Hall–Kier alpha value is -1.26. The van der Waals surface area contributed by atoms with Crippen LogP contribution in [0.5, 0.6) is 5.75 Å². The molecular weight excluding hydrogens is 238 g/mol. The maximum atomic E-state index is 5.47. The third-order valence-corrected chi connectivity index (χ3v) is 4.04. The highest BCUT2D eigenvalue weighted by Gasteiger charge is 2.32. The first-order chi connectivity index (χ1) is 9.36. The van der Waals surface area contributed by atoms with Crippen LogP contribution >= 0.6 is 0 Å². The largest absolute Gasteiger partial charge is 0.494 e. The summed E-state index contributed by atoms with van der Waals surface area (Å²) in [6, 6.07) is 9.21. The van der Waals surface area contributed by atoms with Crippen molar-refractivity contribution in [2.75, 3.05) is 50.8 Å². The predicted octanol–water partition coefficient (Wildman–Crippen LogP) is 1.18. The van der Waals surface area contributed by atoms with Gasteiger partial charge in [0.25, 0.3) is 0 Å². The molecule has 0 aromatic heterocycles. The minimum Gasteiger partial charge on any atom is -0.494 e. The Bertz CT molecular complexity index is 394. The van der Waals surface area contributed by atoms with Gasteiger partial charge in [0.05, 0.1) is 6.61 Å². The van der Waals surface area contributed by atoms with Gasteiger partial charge < -0.3 is 15.0 Å². The molecule has 0 radical (unpaired) electrons. The molecule has 0 unspecified atom stereocenters. The lowest BCUT2D eigenvalue weighted by molar-refractivity contribution is 0.147. The quantitative estimate of drug-likeness (QED) is 0.881. The highest BCUT2D eigenvalue weighted by atomic mass is 16.5. The molecule has 1 N–H and O–H groups in total. The topological polar surface area (TPSA) is 27.7 Å². The van der Waals surface area contributed by atoms with E-state index < -0.39 is 0 Å². The van der Waals surface area contributed by atoms with E-state index in [4.69, 9.17) is 4.74 Å². The van der Waals surface area contributed by atoms with Crippen LogP contribution < -0.4 is 15.0 Å². The van der Waals surface area contributed by atoms with Crippen LogP contribution in [-0.4, -0.2) is 56.8 Å². The SMILES string of the molecule is CCOc1ccc(N2CC(N3CCNCC3)C2)cc1. The molecule has 2 aliphatic rings. The molecule has 0 saturated carbocycles. The van der Waals surface area contributed by atoms with Crippen LogP contribution in [-0.2, 0) is 0 Å². The summed E-state index contributed by atoms with van der Waals surface area (Å²) in [6.07, 6.45) is 0. The molecule has 3 rings (SSSR count). The first-order valence-electron chi connectivity index (χ1n) is 7.29. The third-order valence-electron chi connectivity index (χ3n) is 4.04. The van der Waals surface area contributed by atoms with Gasteiger partial charge in [-0.3, -0.25) is 4.90 Å². The van der Waals surface area contributed by atoms with Gasteiger partial charge in [-0.25, -0.2) is 0 Å². The molecule has 0 amide bonds. The van der Waals surface area contributed by atoms with Crippen molar-refractivity contribution >= 4 is 5.69 Å². The van der Waals surface area contributed by atoms with Crippen molar-refractivity contribution in [3.8, 4) is 5.75 Å². The van der Waals surface area contributed by atoms with Crippen LogP contribution in [0, 0.1) is 0 Å². The molecule has 0 atom stereocenters. The summed E-state index contributed by atoms with van der Waals surface area (Å²) in [5, 5.41) is 3.41. The molecule has 4 heteroatoms. The summed E-state index contributed by atoms with van der Waals surface area (Å²) < 4.78 is 5.47. The van der Waals surface area contributed by atoms with Crippen LogP contribution in [0.25, 0.3) is 0 Å². The predicted molar refractivity (Wildman–Crippen MR) is 78.1 cm³/mol. The number of hydrogen-bond acceptors (Lipinski definition) is 4. The zero-order valence-corrected chi connectivity index (χ0v) is 11.6. The number of anilines is 1. The summed E-state index contributed by atoms with van der Waals surface area (Å²) in [4.78, 5) is 5.06. The van der Waals surface area contributed by atoms with Crippen molar-refractivity contribution in [2.24, 2.45) is 0 Å². The molecule has 1 aromatic rings. The first kappa shape index (κ1) is 12.8. The van der Waals surface area contributed by atoms with E-state index in [0.29, 0.717) is 0 Å². The van der Waals surface area contributed by atoms with E-state index in [1.165, 1.54) is 18.8 Å². The smallest absolute Gasteiger partial charge is 0.119 e. The highest BCUT2D eigenvalue weighted by molar-refractivity contribution is 5.51. The molecule has 1 aromatic carbocycles. The van der Waals surface area contributed by atoms with Crippen molar-refractivity contribution in [2.45, 2.75) is 13.0 Å². The van der Waals surface area contributed by atoms with E-state index in [1.54, 1.807) is 0 Å². The van der Waals surface area contributed by atoms with Crippen LogP contribution in [0.1, 0.15) is 6.92 Å². The van der Waals surface area contributed by atoms with Crippen molar-refractivity contribution in [1.82, 2.24) is 10.2 Å². The molecule has 0 bridgehead atoms. The standard InChI is InChI=1S/C15H23N3O/c1-2-19-15-5-3-13(4-6-15)18-11-14(12-18)17-9-7-16-8-10-17/h3-6,14,16H,2,7-12H2,1H3. The monoisotopic (exact) mass is 261 g/mol. The van der Waals surface area contributed by atoms with Gasteiger partial charge in [-0.2, -0.15) is 0 Å². The zero-order chi connectivity index (χ0) is 13.1. The van der Waals surface area contributed by atoms with E-state index in [1.807, 2.05) is 6.92 Å². The Balaban J connectivity index is 1.52. The molecule has 2 saturated heterocycles. The van der Waals surface area contributed by atoms with Crippen LogP contribution in [0.3, 0.4) is 0 Å². The molecular formula is C15H23N3O. The molecule has 2 fully saturated rings. The molecule has 0 aliphatic carbocycles. The van der Waals surface area contributed by atoms with Crippen LogP contribution in [0.15, 0.2) is 24.3 Å². The van der Waals surface area contributed by atoms with E-state index in [9.17, 15) is 0 Å². The molecule has 2 heterocycles. The van der Waals surface area contributed by atoms with E-state index >= 15 is 0 Å². The van der Waals surface area contributed by atoms with E-state index in [-0.39, 0.29) is 0 Å². The first-order valence-corrected chi connectivity index (χ1v) is 7.29. The maximum Gasteiger partial charge on any atom is 0.119 e. The summed E-state index contributed by atoms with van der Waals surface area (Å²) in [5.41, 5.74) is 1.31. The number of nitrogens with zero attached hydrogens (tertiary/aromatic N) is 2. The normalized spacial score (nSPS) is 21.2. The number of hydrogen-bond donors (Lipinski definition) is 1. The number of piperazine rings is 1. The van der Waals surface area contributed by atoms with Crippen molar-refractivity contribution < 1.29 is 4.74 Å². The summed E-state index contributed by atoms with van der Waals surface area (Å²) in [7, 11) is 0. The van der Waals surface area contributed by atoms with Gasteiger partial charge in [0.15, 0.2) is 0 Å². The van der Waals surface area contributed by atoms with Crippen molar-refractivity contribution in [3.63, 3.8) is 0 Å². The highest BCUT2D eigenvalue weighted by Crippen LogP contribution is 2.25. The minimum atomic E-state index is 0.730. The maximum absolute atomic E-state index is 5.47. The lowest BCUT2D eigenvalue weighted by Gasteiger charge is -2.48. The molecule has 19 heavy (non-hydrogen) atoms. The fraction of sp³-hybridized carbons (Fsp3) is 0.600. The average Bonchev–Trinajstić information content (AvgIpc) is 2.41. The lowest BCUT2D eigenvalue weighted by Crippen LogP contribution is -2.62. The molecule has 2 aliphatic heterocycles. The van der Waals surface area contributed by atoms with E-state index in [2.05, 4.69) is 39.4 Å². The molecule has 4 nitrogen and oxygen atoms in total. The van der Waals surface area contributed by atoms with Gasteiger partial charge in [-0.05, 0) is 31.2 Å². The van der Waals surface area contributed by atoms with Gasteiger partial charge in [-0.15, -0.1) is 0 Å². The third kappa shape index (κ3) is 2.85. The minimum absolute atomic E-state index is 0.730. The Labute approximate surface area is 115 Å². The summed E-state index contributed by atoms with van der Waals surface area (Å²) >= 11 is 0. The second-order valence-electron chi connectivity index (χ2n) is 5.27. The van der Waals surface area contributed by atoms with Crippen molar-refractivity contribution in [1.29, 1.82) is 0 Å². The molecule has 104 valence electrons. The fourth-order valence-corrected chi connectivity index (χ4v) is 2.86. The second-order valence-corrected chi connectivity index (χ2v) is 5.27. The summed E-state index contributed by atoms with van der Waals surface area (Å²) in [6.45, 7) is 9.74. The van der Waals surface area contributed by atoms with Crippen LogP contribution in [0.4, 0.5) is 5.69 Å². The van der Waals surface area contributed by atoms with Gasteiger partial charge in [0.1, 0.15) is 5.75 Å². The van der Waals surface area contributed by atoms with Gasteiger partial charge >= 0.3 is 0 Å². The number of benzene rings is 1. The van der Waals surface area contributed by atoms with E-state index in [0.717, 1.165) is 44.6 Å².